The van der Waals surface area contributed by atoms with E-state index in [0.717, 1.165) is 22.0 Å². The number of aromatic nitrogens is 4. The molecule has 0 radical (unpaired) electrons. The number of benzene rings is 2. The van der Waals surface area contributed by atoms with Crippen molar-refractivity contribution in [2.75, 3.05) is 5.73 Å². The minimum atomic E-state index is -0.646. The molecule has 3 N–H and O–H groups in total. The van der Waals surface area contributed by atoms with Gasteiger partial charge >= 0.3 is 5.95 Å². The van der Waals surface area contributed by atoms with Gasteiger partial charge in [0.2, 0.25) is 0 Å². The molecule has 0 saturated heterocycles. The lowest BCUT2D eigenvalue weighted by molar-refractivity contribution is -0.396. The zero-order chi connectivity index (χ0) is 20.8. The maximum absolute atomic E-state index is 10.2. The first kappa shape index (κ1) is 19.5. The number of nitrogens with zero attached hydrogens (tertiary/aromatic N) is 4. The molecule has 0 saturated carbocycles. The number of hydrogen-bond acceptors (Lipinski definition) is 6. The van der Waals surface area contributed by atoms with Gasteiger partial charge in [0.1, 0.15) is 6.20 Å². The topological polar surface area (TPSA) is 133 Å². The van der Waals surface area contributed by atoms with Gasteiger partial charge in [-0.25, -0.2) is 9.55 Å². The van der Waals surface area contributed by atoms with Crippen LogP contribution in [0, 0.1) is 10.1 Å². The predicted molar refractivity (Wildman–Crippen MR) is 109 cm³/mol. The number of nitro groups is 1. The molecule has 4 aromatic rings. The van der Waals surface area contributed by atoms with Crippen LogP contribution in [0.25, 0.3) is 22.4 Å². The molecule has 4 rings (SSSR count). The van der Waals surface area contributed by atoms with Gasteiger partial charge < -0.3 is 20.8 Å². The zero-order valence-corrected chi connectivity index (χ0v) is 15.5. The average molecular weight is 390 g/mol. The molecule has 0 amide bonds. The number of carbonyl (C=O) groups is 1. The first-order chi connectivity index (χ1) is 14.0. The van der Waals surface area contributed by atoms with Gasteiger partial charge in [0.25, 0.3) is 0 Å². The average Bonchev–Trinajstić information content (AvgIpc) is 3.34. The summed E-state index contributed by atoms with van der Waals surface area (Å²) in [4.78, 5) is 30.1. The summed E-state index contributed by atoms with van der Waals surface area (Å²) >= 11 is 0. The van der Waals surface area contributed by atoms with Gasteiger partial charge in [-0.05, 0) is 21.6 Å². The fraction of sp³-hybridized carbons (Fsp3) is 0.0500. The molecular weight excluding hydrogens is 372 g/mol. The fourth-order valence-corrected chi connectivity index (χ4v) is 2.65. The van der Waals surface area contributed by atoms with Crippen LogP contribution >= 0.6 is 0 Å². The van der Waals surface area contributed by atoms with Gasteiger partial charge in [-0.1, -0.05) is 59.6 Å². The van der Waals surface area contributed by atoms with Gasteiger partial charge in [0, 0.05) is 0 Å². The van der Waals surface area contributed by atoms with E-state index in [1.807, 2.05) is 18.2 Å². The number of aldehydes is 1. The number of H-pyrrole nitrogens is 1. The summed E-state index contributed by atoms with van der Waals surface area (Å²) in [7, 11) is 1.41. The fourth-order valence-electron chi connectivity index (χ4n) is 2.65. The van der Waals surface area contributed by atoms with Crippen molar-refractivity contribution in [2.24, 2.45) is 7.05 Å². The molecule has 0 aliphatic heterocycles. The lowest BCUT2D eigenvalue weighted by atomic mass is 10.0. The quantitative estimate of drug-likeness (QED) is 0.311. The molecule has 29 heavy (non-hydrogen) atoms. The van der Waals surface area contributed by atoms with E-state index >= 15 is 0 Å². The van der Waals surface area contributed by atoms with E-state index in [0.29, 0.717) is 12.2 Å². The number of carbonyl (C=O) groups excluding carboxylic acids is 1. The first-order valence-corrected chi connectivity index (χ1v) is 8.57. The lowest BCUT2D eigenvalue weighted by Gasteiger charge is -2.03. The van der Waals surface area contributed by atoms with Crippen molar-refractivity contribution >= 4 is 18.2 Å². The van der Waals surface area contributed by atoms with Crippen molar-refractivity contribution < 1.29 is 9.72 Å². The molecule has 0 fully saturated rings. The van der Waals surface area contributed by atoms with Crippen LogP contribution in [-0.4, -0.2) is 30.7 Å². The Labute approximate surface area is 166 Å². The van der Waals surface area contributed by atoms with Crippen LogP contribution in [0.15, 0.2) is 67.0 Å². The standard InChI is InChI=1S/C15H13N3.C5H5N3O3/c16-15-17-10-14(18-15)13-8-6-12(7-9-13)11-4-2-1-3-5-11;1-7-4(3-9)2-6-5(7)8(10)11/h1-10H,(H3,16,17,18);2-3H,1H3. The Kier molecular flexibility index (Phi) is 5.79. The van der Waals surface area contributed by atoms with E-state index < -0.39 is 4.92 Å². The molecule has 2 aromatic heterocycles. The van der Waals surface area contributed by atoms with Crippen LogP contribution < -0.4 is 5.73 Å². The highest BCUT2D eigenvalue weighted by Gasteiger charge is 2.15. The summed E-state index contributed by atoms with van der Waals surface area (Å²) < 4.78 is 1.12. The van der Waals surface area contributed by atoms with Gasteiger partial charge in [-0.3, -0.25) is 4.79 Å². The Bertz CT molecular complexity index is 1120. The summed E-state index contributed by atoms with van der Waals surface area (Å²) in [5.74, 6) is 0.115. The van der Waals surface area contributed by atoms with Crippen molar-refractivity contribution in [1.82, 2.24) is 19.5 Å². The minimum absolute atomic E-state index is 0.191. The summed E-state index contributed by atoms with van der Waals surface area (Å²) in [5, 5.41) is 10.2. The predicted octanol–water partition coefficient (Wildman–Crippen LogP) is 3.47. The Morgan fingerprint density at radius 3 is 2.10 bits per heavy atom. The van der Waals surface area contributed by atoms with Crippen molar-refractivity contribution in [1.29, 1.82) is 0 Å². The van der Waals surface area contributed by atoms with Crippen LogP contribution in [0.2, 0.25) is 0 Å². The molecule has 0 aliphatic carbocycles. The monoisotopic (exact) mass is 390 g/mol. The number of imidazole rings is 2. The molecular formula is C20H18N6O3. The normalized spacial score (nSPS) is 10.1. The molecule has 146 valence electrons. The summed E-state index contributed by atoms with van der Waals surface area (Å²) in [6, 6.07) is 18.6. The van der Waals surface area contributed by atoms with Crippen molar-refractivity contribution in [3.63, 3.8) is 0 Å². The molecule has 0 aliphatic rings. The number of anilines is 1. The Balaban J connectivity index is 0.000000188. The van der Waals surface area contributed by atoms with Crippen LogP contribution in [0.3, 0.4) is 0 Å². The van der Waals surface area contributed by atoms with Crippen LogP contribution in [0.5, 0.6) is 0 Å². The Morgan fingerprint density at radius 2 is 1.62 bits per heavy atom. The summed E-state index contributed by atoms with van der Waals surface area (Å²) in [5.41, 5.74) is 10.2. The number of aromatic amines is 1. The van der Waals surface area contributed by atoms with Gasteiger partial charge in [0.15, 0.2) is 17.9 Å². The third-order valence-electron chi connectivity index (χ3n) is 4.18. The van der Waals surface area contributed by atoms with E-state index in [9.17, 15) is 14.9 Å². The molecule has 0 bridgehead atoms. The minimum Gasteiger partial charge on any atom is -0.390 e. The number of rotatable bonds is 4. The number of nitrogens with two attached hydrogens (primary N) is 1. The van der Waals surface area contributed by atoms with Gasteiger partial charge in [0.05, 0.1) is 18.9 Å². The molecule has 9 nitrogen and oxygen atoms in total. The SMILES string of the molecule is Cn1c(C=O)cnc1[N+](=O)[O-].Nc1ncc(-c2ccc(-c3ccccc3)cc2)[nH]1. The van der Waals surface area contributed by atoms with E-state index in [1.54, 1.807) is 6.20 Å². The van der Waals surface area contributed by atoms with E-state index in [1.165, 1.54) is 18.2 Å². The lowest BCUT2D eigenvalue weighted by Crippen LogP contribution is -2.00. The van der Waals surface area contributed by atoms with E-state index in [2.05, 4.69) is 51.4 Å². The number of nitrogen functional groups attached to an aromatic ring is 1. The maximum Gasteiger partial charge on any atom is 0.434 e. The molecule has 2 aromatic carbocycles. The second kappa shape index (κ2) is 8.61. The highest BCUT2D eigenvalue weighted by atomic mass is 16.6. The number of nitrogens with one attached hydrogen (secondary N) is 1. The molecule has 0 spiro atoms. The Hall–Kier alpha value is -4.27. The third-order valence-corrected chi connectivity index (χ3v) is 4.18. The maximum atomic E-state index is 10.2. The molecule has 0 atom stereocenters. The third kappa shape index (κ3) is 4.53. The second-order valence-corrected chi connectivity index (χ2v) is 6.04. The van der Waals surface area contributed by atoms with E-state index in [-0.39, 0.29) is 11.6 Å². The van der Waals surface area contributed by atoms with Crippen molar-refractivity contribution in [2.45, 2.75) is 0 Å². The largest absolute Gasteiger partial charge is 0.434 e. The van der Waals surface area contributed by atoms with Crippen LogP contribution in [0.4, 0.5) is 11.9 Å². The summed E-state index contributed by atoms with van der Waals surface area (Å²) in [6.45, 7) is 0. The smallest absolute Gasteiger partial charge is 0.390 e. The molecule has 9 heteroatoms. The van der Waals surface area contributed by atoms with Gasteiger partial charge in [-0.2, -0.15) is 0 Å². The van der Waals surface area contributed by atoms with Crippen LogP contribution in [0.1, 0.15) is 10.5 Å². The zero-order valence-electron chi connectivity index (χ0n) is 15.5. The highest BCUT2D eigenvalue weighted by Crippen LogP contribution is 2.23. The molecule has 2 heterocycles. The van der Waals surface area contributed by atoms with Crippen LogP contribution in [-0.2, 0) is 7.05 Å². The Morgan fingerprint density at radius 1 is 1.00 bits per heavy atom. The first-order valence-electron chi connectivity index (χ1n) is 8.57. The summed E-state index contributed by atoms with van der Waals surface area (Å²) in [6.07, 6.45) is 3.41. The van der Waals surface area contributed by atoms with E-state index in [4.69, 9.17) is 5.73 Å². The van der Waals surface area contributed by atoms with Crippen molar-refractivity contribution in [3.05, 3.63) is 82.8 Å². The molecule has 0 unspecified atom stereocenters. The van der Waals surface area contributed by atoms with Crippen molar-refractivity contribution in [3.8, 4) is 22.4 Å². The number of hydrogen-bond donors (Lipinski definition) is 2. The second-order valence-electron chi connectivity index (χ2n) is 6.04. The van der Waals surface area contributed by atoms with Gasteiger partial charge in [-0.15, -0.1) is 0 Å². The highest BCUT2D eigenvalue weighted by molar-refractivity contribution is 5.72.